The Labute approximate surface area is 138 Å². The smallest absolute Gasteiger partial charge is 0.424 e. The summed E-state index contributed by atoms with van der Waals surface area (Å²) in [5.41, 5.74) is 4.26. The van der Waals surface area contributed by atoms with Crippen molar-refractivity contribution in [3.05, 3.63) is 29.3 Å². The van der Waals surface area contributed by atoms with Crippen molar-refractivity contribution in [1.82, 2.24) is 10.4 Å². The third-order valence-corrected chi connectivity index (χ3v) is 5.90. The van der Waals surface area contributed by atoms with Gasteiger partial charge in [-0.15, -0.1) is 0 Å². The lowest BCUT2D eigenvalue weighted by Gasteiger charge is -2.52. The topological polar surface area (TPSA) is 69.5 Å². The van der Waals surface area contributed by atoms with Crippen molar-refractivity contribution in [1.29, 1.82) is 0 Å². The van der Waals surface area contributed by atoms with Crippen molar-refractivity contribution in [3.63, 3.8) is 0 Å². The van der Waals surface area contributed by atoms with E-state index in [1.807, 2.05) is 29.3 Å². The van der Waals surface area contributed by atoms with Gasteiger partial charge in [0.2, 0.25) is 0 Å². The van der Waals surface area contributed by atoms with Gasteiger partial charge in [-0.2, -0.15) is 5.11 Å². The zero-order valence-electron chi connectivity index (χ0n) is 12.5. The molecular formula is C15H16ClN5O2. The van der Waals surface area contributed by atoms with Crippen LogP contribution in [0.1, 0.15) is 6.42 Å². The van der Waals surface area contributed by atoms with Crippen molar-refractivity contribution < 1.29 is 9.53 Å². The molecule has 6 atom stereocenters. The molecule has 1 aromatic carbocycles. The maximum absolute atomic E-state index is 11.8. The normalized spacial score (nSPS) is 39.2. The van der Waals surface area contributed by atoms with Crippen LogP contribution in [0.25, 0.3) is 0 Å². The number of hydrogen-bond acceptors (Lipinski definition) is 6. The van der Waals surface area contributed by atoms with Gasteiger partial charge in [0.05, 0.1) is 30.9 Å². The molecule has 2 aliphatic carbocycles. The molecule has 7 nitrogen and oxygen atoms in total. The molecular weight excluding hydrogens is 318 g/mol. The highest BCUT2D eigenvalue weighted by atomic mass is 35.5. The van der Waals surface area contributed by atoms with Crippen LogP contribution in [0.3, 0.4) is 0 Å². The second-order valence-electron chi connectivity index (χ2n) is 6.56. The van der Waals surface area contributed by atoms with E-state index in [1.54, 1.807) is 5.01 Å². The Hall–Kier alpha value is -1.86. The number of hydrazine groups is 1. The summed E-state index contributed by atoms with van der Waals surface area (Å²) in [6, 6.07) is 8.58. The fourth-order valence-electron chi connectivity index (χ4n) is 4.75. The van der Waals surface area contributed by atoms with Crippen molar-refractivity contribution in [2.45, 2.75) is 30.6 Å². The molecule has 0 spiro atoms. The van der Waals surface area contributed by atoms with Crippen LogP contribution in [0.4, 0.5) is 10.5 Å². The summed E-state index contributed by atoms with van der Waals surface area (Å²) < 4.78 is 4.83. The van der Waals surface area contributed by atoms with E-state index < -0.39 is 0 Å². The van der Waals surface area contributed by atoms with Crippen LogP contribution in [0, 0.1) is 11.8 Å². The molecule has 1 saturated heterocycles. The second-order valence-corrected chi connectivity index (χ2v) is 6.99. The molecule has 1 aromatic rings. The fraction of sp³-hybridized carbons (Fsp3) is 0.533. The number of amides is 1. The van der Waals surface area contributed by atoms with Gasteiger partial charge in [0, 0.05) is 16.9 Å². The molecule has 5 rings (SSSR count). The Balaban J connectivity index is 1.41. The van der Waals surface area contributed by atoms with Gasteiger partial charge in [0.1, 0.15) is 6.04 Å². The average Bonchev–Trinajstić information content (AvgIpc) is 3.16. The van der Waals surface area contributed by atoms with Crippen molar-refractivity contribution in [3.8, 4) is 0 Å². The van der Waals surface area contributed by atoms with Crippen molar-refractivity contribution in [2.75, 3.05) is 12.1 Å². The number of hydrogen-bond donors (Lipinski definition) is 1. The van der Waals surface area contributed by atoms with Gasteiger partial charge in [-0.3, -0.25) is 0 Å². The molecule has 1 N–H and O–H groups in total. The van der Waals surface area contributed by atoms with Crippen molar-refractivity contribution >= 4 is 23.4 Å². The number of anilines is 1. The van der Waals surface area contributed by atoms with Crippen LogP contribution in [-0.4, -0.2) is 42.4 Å². The minimum atomic E-state index is -0.320. The molecule has 2 aliphatic heterocycles. The number of carbonyl (C=O) groups is 1. The van der Waals surface area contributed by atoms with Crippen LogP contribution in [0.2, 0.25) is 5.02 Å². The maximum Gasteiger partial charge on any atom is 0.424 e. The third-order valence-electron chi connectivity index (χ3n) is 5.65. The van der Waals surface area contributed by atoms with E-state index in [2.05, 4.69) is 15.8 Å². The summed E-state index contributed by atoms with van der Waals surface area (Å²) in [7, 11) is 1.41. The summed E-state index contributed by atoms with van der Waals surface area (Å²) in [6.45, 7) is 0. The molecule has 23 heavy (non-hydrogen) atoms. The number of nitrogens with zero attached hydrogens (tertiary/aromatic N) is 4. The fourth-order valence-corrected chi connectivity index (χ4v) is 4.88. The molecule has 2 saturated carbocycles. The highest BCUT2D eigenvalue weighted by Crippen LogP contribution is 2.55. The number of halogens is 1. The minimum absolute atomic E-state index is 0.145. The Morgan fingerprint density at radius 2 is 2.09 bits per heavy atom. The largest absolute Gasteiger partial charge is 0.452 e. The molecule has 0 unspecified atom stereocenters. The number of ether oxygens (including phenoxy) is 1. The van der Waals surface area contributed by atoms with Gasteiger partial charge >= 0.3 is 6.09 Å². The first kappa shape index (κ1) is 13.6. The van der Waals surface area contributed by atoms with Crippen LogP contribution in [0.15, 0.2) is 34.6 Å². The number of fused-ring (bicyclic) bond motifs is 8. The monoisotopic (exact) mass is 333 g/mol. The molecule has 0 aromatic heterocycles. The zero-order valence-corrected chi connectivity index (χ0v) is 13.2. The Morgan fingerprint density at radius 3 is 2.83 bits per heavy atom. The summed E-state index contributed by atoms with van der Waals surface area (Å²) >= 11 is 5.97. The van der Waals surface area contributed by atoms with Gasteiger partial charge in [0.15, 0.2) is 0 Å². The van der Waals surface area contributed by atoms with E-state index in [-0.39, 0.29) is 24.2 Å². The van der Waals surface area contributed by atoms with E-state index >= 15 is 0 Å². The Morgan fingerprint density at radius 1 is 1.30 bits per heavy atom. The van der Waals surface area contributed by atoms with E-state index in [9.17, 15) is 4.79 Å². The molecule has 120 valence electrons. The minimum Gasteiger partial charge on any atom is -0.452 e. The highest BCUT2D eigenvalue weighted by molar-refractivity contribution is 6.30. The average molecular weight is 334 g/mol. The number of benzene rings is 1. The van der Waals surface area contributed by atoms with Gasteiger partial charge < -0.3 is 4.74 Å². The van der Waals surface area contributed by atoms with Gasteiger partial charge in [0.25, 0.3) is 0 Å². The van der Waals surface area contributed by atoms with E-state index in [1.165, 1.54) is 7.11 Å². The standard InChI is InChI=1S/C15H16ClN5O2/c1-23-15(22)21-14-9-6-10(12(14)18-21)13-11(9)17-19-20(13)8-4-2-7(16)3-5-8/h2-5,9-14,18H,6H2,1H3/t9-,10-,11+,12+,13-,14-/m1/s1. The number of nitrogens with one attached hydrogen (secondary N) is 1. The van der Waals surface area contributed by atoms with E-state index in [4.69, 9.17) is 16.3 Å². The molecule has 1 amide bonds. The van der Waals surface area contributed by atoms with Crippen molar-refractivity contribution in [2.24, 2.45) is 22.2 Å². The molecule has 8 heteroatoms. The lowest BCUT2D eigenvalue weighted by Crippen LogP contribution is -2.76. The highest BCUT2D eigenvalue weighted by Gasteiger charge is 2.68. The summed E-state index contributed by atoms with van der Waals surface area (Å²) in [6.07, 6.45) is 0.744. The predicted molar refractivity (Wildman–Crippen MR) is 82.9 cm³/mol. The summed E-state index contributed by atoms with van der Waals surface area (Å²) in [5, 5.41) is 13.3. The van der Waals surface area contributed by atoms with Crippen LogP contribution >= 0.6 is 11.6 Å². The lowest BCUT2D eigenvalue weighted by atomic mass is 9.80. The second kappa shape index (κ2) is 4.58. The summed E-state index contributed by atoms with van der Waals surface area (Å²) in [5.74, 6) is 0.776. The molecule has 4 aliphatic rings. The summed E-state index contributed by atoms with van der Waals surface area (Å²) in [4.78, 5) is 11.8. The van der Waals surface area contributed by atoms with Crippen LogP contribution < -0.4 is 10.4 Å². The number of carbonyl (C=O) groups excluding carboxylic acids is 1. The molecule has 3 fully saturated rings. The maximum atomic E-state index is 11.8. The lowest BCUT2D eigenvalue weighted by molar-refractivity contribution is -0.0519. The van der Waals surface area contributed by atoms with Gasteiger partial charge in [-0.1, -0.05) is 16.8 Å². The van der Waals surface area contributed by atoms with Crippen LogP contribution in [0.5, 0.6) is 0 Å². The Bertz CT molecular complexity index is 696. The SMILES string of the molecule is COC(=O)N1N[C@H]2[C@H]3C[C@H]([C@@H]4N=NN(c5ccc(Cl)cc5)[C@H]34)[C@H]21. The van der Waals surface area contributed by atoms with Crippen LogP contribution in [-0.2, 0) is 4.74 Å². The first-order valence-electron chi connectivity index (χ1n) is 7.78. The predicted octanol–water partition coefficient (Wildman–Crippen LogP) is 2.24. The molecule has 0 radical (unpaired) electrons. The Kier molecular flexibility index (Phi) is 2.70. The number of methoxy groups -OCH3 is 1. The quantitative estimate of drug-likeness (QED) is 0.855. The third kappa shape index (κ3) is 1.66. The number of rotatable bonds is 1. The molecule has 2 bridgehead atoms. The van der Waals surface area contributed by atoms with Gasteiger partial charge in [-0.05, 0) is 30.7 Å². The first-order valence-corrected chi connectivity index (χ1v) is 8.16. The van der Waals surface area contributed by atoms with E-state index in [0.717, 1.165) is 12.1 Å². The van der Waals surface area contributed by atoms with Gasteiger partial charge in [-0.25, -0.2) is 20.2 Å². The molecule has 2 heterocycles. The van der Waals surface area contributed by atoms with E-state index in [0.29, 0.717) is 22.9 Å². The zero-order chi connectivity index (χ0) is 15.7. The first-order chi connectivity index (χ1) is 11.2.